The van der Waals surface area contributed by atoms with E-state index < -0.39 is 0 Å². The molecule has 0 unspecified atom stereocenters. The van der Waals surface area contributed by atoms with Crippen LogP contribution in [-0.2, 0) is 0 Å². The standard InChI is InChI=1S/C18H13ClN6/c19-15-7-5-12(6-8-15)16-9-14(10-21-17(16)20)11-1-3-13(4-2-11)18-22-24-25-23-18/h1-10H,(H2,20,21)(H,22,23,24,25). The van der Waals surface area contributed by atoms with Gasteiger partial charge in [0, 0.05) is 27.9 Å². The molecule has 6 nitrogen and oxygen atoms in total. The van der Waals surface area contributed by atoms with Crippen LogP contribution in [0, 0.1) is 0 Å². The fourth-order valence-corrected chi connectivity index (χ4v) is 2.72. The summed E-state index contributed by atoms with van der Waals surface area (Å²) in [6.45, 7) is 0. The topological polar surface area (TPSA) is 93.4 Å². The van der Waals surface area contributed by atoms with Gasteiger partial charge >= 0.3 is 0 Å². The van der Waals surface area contributed by atoms with Gasteiger partial charge in [-0.25, -0.2) is 4.98 Å². The van der Waals surface area contributed by atoms with Gasteiger partial charge < -0.3 is 5.73 Å². The highest BCUT2D eigenvalue weighted by Gasteiger charge is 2.08. The predicted octanol–water partition coefficient (Wildman–Crippen LogP) is 3.83. The fourth-order valence-electron chi connectivity index (χ4n) is 2.59. The average Bonchev–Trinajstić information content (AvgIpc) is 3.18. The van der Waals surface area contributed by atoms with Crippen LogP contribution < -0.4 is 5.73 Å². The zero-order valence-electron chi connectivity index (χ0n) is 13.0. The Morgan fingerprint density at radius 2 is 1.52 bits per heavy atom. The lowest BCUT2D eigenvalue weighted by molar-refractivity contribution is 0.881. The summed E-state index contributed by atoms with van der Waals surface area (Å²) in [6.07, 6.45) is 1.76. The monoisotopic (exact) mass is 348 g/mol. The number of hydrogen-bond acceptors (Lipinski definition) is 5. The van der Waals surface area contributed by atoms with Crippen molar-refractivity contribution in [2.45, 2.75) is 0 Å². The molecule has 0 saturated heterocycles. The van der Waals surface area contributed by atoms with Crippen molar-refractivity contribution in [1.82, 2.24) is 25.6 Å². The molecule has 2 aromatic heterocycles. The third kappa shape index (κ3) is 3.07. The van der Waals surface area contributed by atoms with E-state index >= 15 is 0 Å². The Balaban J connectivity index is 1.71. The largest absolute Gasteiger partial charge is 0.383 e. The minimum absolute atomic E-state index is 0.481. The summed E-state index contributed by atoms with van der Waals surface area (Å²) in [5.41, 5.74) is 10.8. The van der Waals surface area contributed by atoms with Crippen molar-refractivity contribution >= 4 is 17.4 Å². The zero-order valence-corrected chi connectivity index (χ0v) is 13.8. The van der Waals surface area contributed by atoms with Crippen LogP contribution in [0.4, 0.5) is 5.82 Å². The molecule has 0 amide bonds. The zero-order chi connectivity index (χ0) is 17.2. The molecule has 2 aromatic carbocycles. The third-order valence-corrected chi connectivity index (χ3v) is 4.15. The van der Waals surface area contributed by atoms with Gasteiger partial charge in [-0.2, -0.15) is 5.21 Å². The van der Waals surface area contributed by atoms with E-state index in [2.05, 4.69) is 25.6 Å². The summed E-state index contributed by atoms with van der Waals surface area (Å²) in [6, 6.07) is 17.4. The molecule has 4 rings (SSSR count). The lowest BCUT2D eigenvalue weighted by Gasteiger charge is -2.09. The van der Waals surface area contributed by atoms with Crippen LogP contribution in [-0.4, -0.2) is 25.6 Å². The number of nitrogens with two attached hydrogens (primary N) is 1. The summed E-state index contributed by atoms with van der Waals surface area (Å²) in [5.74, 6) is 1.04. The van der Waals surface area contributed by atoms with E-state index in [-0.39, 0.29) is 0 Å². The van der Waals surface area contributed by atoms with E-state index in [0.717, 1.165) is 27.8 Å². The smallest absolute Gasteiger partial charge is 0.204 e. The molecule has 0 spiro atoms. The van der Waals surface area contributed by atoms with Crippen LogP contribution in [0.1, 0.15) is 0 Å². The highest BCUT2D eigenvalue weighted by molar-refractivity contribution is 6.30. The number of anilines is 1. The molecule has 0 aliphatic heterocycles. The normalized spacial score (nSPS) is 10.8. The van der Waals surface area contributed by atoms with Gasteiger partial charge in [-0.15, -0.1) is 10.2 Å². The number of H-pyrrole nitrogens is 1. The van der Waals surface area contributed by atoms with E-state index in [1.165, 1.54) is 0 Å². The number of aromatic amines is 1. The van der Waals surface area contributed by atoms with Crippen LogP contribution >= 0.6 is 11.6 Å². The molecule has 3 N–H and O–H groups in total. The number of nitrogens with zero attached hydrogens (tertiary/aromatic N) is 4. The van der Waals surface area contributed by atoms with Gasteiger partial charge in [0.1, 0.15) is 5.82 Å². The second-order valence-corrected chi connectivity index (χ2v) is 5.91. The average molecular weight is 349 g/mol. The van der Waals surface area contributed by atoms with Crippen molar-refractivity contribution in [2.75, 3.05) is 5.73 Å². The number of halogens is 1. The first kappa shape index (κ1) is 15.3. The summed E-state index contributed by atoms with van der Waals surface area (Å²) in [5, 5.41) is 14.7. The van der Waals surface area contributed by atoms with Crippen molar-refractivity contribution in [3.8, 4) is 33.6 Å². The fraction of sp³-hybridized carbons (Fsp3) is 0. The number of rotatable bonds is 3. The van der Waals surface area contributed by atoms with Crippen LogP contribution in [0.5, 0.6) is 0 Å². The lowest BCUT2D eigenvalue weighted by atomic mass is 10.0. The maximum absolute atomic E-state index is 6.05. The molecule has 0 atom stereocenters. The number of benzene rings is 2. The third-order valence-electron chi connectivity index (χ3n) is 3.90. The van der Waals surface area contributed by atoms with Gasteiger partial charge in [0.25, 0.3) is 0 Å². The van der Waals surface area contributed by atoms with Crippen molar-refractivity contribution in [2.24, 2.45) is 0 Å². The Kier molecular flexibility index (Phi) is 3.87. The Morgan fingerprint density at radius 1 is 0.840 bits per heavy atom. The van der Waals surface area contributed by atoms with Crippen LogP contribution in [0.15, 0.2) is 60.8 Å². The van der Waals surface area contributed by atoms with Gasteiger partial charge in [-0.05, 0) is 34.5 Å². The number of pyridine rings is 1. The van der Waals surface area contributed by atoms with Crippen LogP contribution in [0.2, 0.25) is 5.02 Å². The molecule has 25 heavy (non-hydrogen) atoms. The quantitative estimate of drug-likeness (QED) is 0.586. The van der Waals surface area contributed by atoms with Crippen molar-refractivity contribution in [1.29, 1.82) is 0 Å². The maximum Gasteiger partial charge on any atom is 0.204 e. The van der Waals surface area contributed by atoms with E-state index in [4.69, 9.17) is 17.3 Å². The molecule has 122 valence electrons. The van der Waals surface area contributed by atoms with Crippen LogP contribution in [0.25, 0.3) is 33.6 Å². The van der Waals surface area contributed by atoms with Gasteiger partial charge in [0.05, 0.1) is 0 Å². The number of nitrogen functional groups attached to an aromatic ring is 1. The number of tetrazole rings is 1. The Bertz CT molecular complexity index is 995. The van der Waals surface area contributed by atoms with Crippen LogP contribution in [0.3, 0.4) is 0 Å². The van der Waals surface area contributed by atoms with Gasteiger partial charge in [-0.1, -0.05) is 48.0 Å². The van der Waals surface area contributed by atoms with Gasteiger partial charge in [0.2, 0.25) is 5.82 Å². The van der Waals surface area contributed by atoms with Crippen molar-refractivity contribution in [3.63, 3.8) is 0 Å². The van der Waals surface area contributed by atoms with Crippen molar-refractivity contribution < 1.29 is 0 Å². The summed E-state index contributed by atoms with van der Waals surface area (Å²) in [7, 11) is 0. The molecule has 0 saturated carbocycles. The van der Waals surface area contributed by atoms with Gasteiger partial charge in [-0.3, -0.25) is 0 Å². The second-order valence-electron chi connectivity index (χ2n) is 5.48. The number of hydrogen-bond donors (Lipinski definition) is 2. The number of aromatic nitrogens is 5. The molecule has 4 aromatic rings. The molecule has 0 fully saturated rings. The lowest BCUT2D eigenvalue weighted by Crippen LogP contribution is -1.95. The highest BCUT2D eigenvalue weighted by Crippen LogP contribution is 2.31. The molecule has 0 aliphatic rings. The Morgan fingerprint density at radius 3 is 2.20 bits per heavy atom. The summed E-state index contributed by atoms with van der Waals surface area (Å²) < 4.78 is 0. The van der Waals surface area contributed by atoms with Crippen molar-refractivity contribution in [3.05, 3.63) is 65.8 Å². The Hall–Kier alpha value is -3.25. The molecule has 0 bridgehead atoms. The molecule has 0 radical (unpaired) electrons. The molecule has 2 heterocycles. The first-order valence-electron chi connectivity index (χ1n) is 7.56. The molecular formula is C18H13ClN6. The van der Waals surface area contributed by atoms with E-state index in [1.54, 1.807) is 6.20 Å². The van der Waals surface area contributed by atoms with E-state index in [9.17, 15) is 0 Å². The minimum atomic E-state index is 0.481. The molecular weight excluding hydrogens is 336 g/mol. The number of nitrogens with one attached hydrogen (secondary N) is 1. The first-order valence-corrected chi connectivity index (χ1v) is 7.94. The summed E-state index contributed by atoms with van der Waals surface area (Å²) in [4.78, 5) is 4.33. The SMILES string of the molecule is Nc1ncc(-c2ccc(-c3nn[nH]n3)cc2)cc1-c1ccc(Cl)cc1. The predicted molar refractivity (Wildman–Crippen MR) is 97.7 cm³/mol. The Labute approximate surface area is 148 Å². The highest BCUT2D eigenvalue weighted by atomic mass is 35.5. The second kappa shape index (κ2) is 6.33. The molecule has 7 heteroatoms. The first-order chi connectivity index (χ1) is 12.2. The van der Waals surface area contributed by atoms with E-state index in [0.29, 0.717) is 16.7 Å². The summed E-state index contributed by atoms with van der Waals surface area (Å²) >= 11 is 5.96. The minimum Gasteiger partial charge on any atom is -0.383 e. The molecule has 0 aliphatic carbocycles. The van der Waals surface area contributed by atoms with E-state index in [1.807, 2.05) is 54.6 Å². The maximum atomic E-state index is 6.05. The van der Waals surface area contributed by atoms with Gasteiger partial charge in [0.15, 0.2) is 0 Å².